The van der Waals surface area contributed by atoms with Crippen LogP contribution in [0.5, 0.6) is 0 Å². The number of anilines is 1. The van der Waals surface area contributed by atoms with E-state index in [1.165, 1.54) is 12.7 Å². The number of carbonyl (C=O) groups is 2. The highest BCUT2D eigenvalue weighted by atomic mass is 31.2. The highest BCUT2D eigenvalue weighted by Gasteiger charge is 2.25. The zero-order valence-electron chi connectivity index (χ0n) is 39.5. The minimum atomic E-state index is -1.71. The number of allylic oxidation sites excluding steroid dienone is 1. The van der Waals surface area contributed by atoms with Gasteiger partial charge in [0, 0.05) is 68.8 Å². The lowest BCUT2D eigenvalue weighted by molar-refractivity contribution is -0.122. The highest BCUT2D eigenvalue weighted by Crippen LogP contribution is 2.40. The molecule has 1 aromatic heterocycles. The van der Waals surface area contributed by atoms with Crippen LogP contribution in [0.3, 0.4) is 0 Å². The van der Waals surface area contributed by atoms with Gasteiger partial charge in [0.15, 0.2) is 0 Å². The molecule has 18 nitrogen and oxygen atoms in total. The lowest BCUT2D eigenvalue weighted by atomic mass is 9.96. The van der Waals surface area contributed by atoms with Gasteiger partial charge >= 0.3 is 8.60 Å². The van der Waals surface area contributed by atoms with Gasteiger partial charge in [0.1, 0.15) is 12.0 Å². The number of nitrogens with two attached hydrogens (primary N) is 2. The quantitative estimate of drug-likeness (QED) is 0.0182. The number of hydrazine groups is 1. The fourth-order valence-corrected chi connectivity index (χ4v) is 6.76. The Morgan fingerprint density at radius 1 is 0.846 bits per heavy atom. The Kier molecular flexibility index (Phi) is 32.5. The van der Waals surface area contributed by atoms with E-state index >= 15 is 0 Å². The fraction of sp³-hybridized carbons (Fsp3) is 0.609. The Morgan fingerprint density at radius 3 is 2.09 bits per heavy atom. The van der Waals surface area contributed by atoms with Crippen molar-refractivity contribution in [1.82, 2.24) is 25.3 Å². The number of hydrogen-bond donors (Lipinski definition) is 4. The number of para-hydroxylation sites is 1. The first-order valence-electron chi connectivity index (χ1n) is 22.8. The summed E-state index contributed by atoms with van der Waals surface area (Å²) >= 11 is 0. The van der Waals surface area contributed by atoms with Crippen LogP contribution < -0.4 is 21.8 Å². The molecule has 65 heavy (non-hydrogen) atoms. The van der Waals surface area contributed by atoms with Crippen molar-refractivity contribution < 1.29 is 47.2 Å². The summed E-state index contributed by atoms with van der Waals surface area (Å²) < 4.78 is 39.6. The first-order valence-corrected chi connectivity index (χ1v) is 24.0. The predicted octanol–water partition coefficient (Wildman–Crippen LogP) is 5.97. The molecule has 1 amide bonds. The van der Waals surface area contributed by atoms with Gasteiger partial charge in [-0.3, -0.25) is 4.79 Å². The Bertz CT molecular complexity index is 1720. The van der Waals surface area contributed by atoms with Crippen molar-refractivity contribution in [2.24, 2.45) is 11.6 Å². The number of aldehydes is 1. The van der Waals surface area contributed by atoms with Crippen molar-refractivity contribution in [1.29, 1.82) is 0 Å². The third-order valence-electron chi connectivity index (χ3n) is 9.53. The predicted molar refractivity (Wildman–Crippen MR) is 255 cm³/mol. The zero-order chi connectivity index (χ0) is 47.3. The number of rotatable bonds is 33. The van der Waals surface area contributed by atoms with Crippen molar-refractivity contribution in [3.05, 3.63) is 66.0 Å². The number of nitrogens with one attached hydrogen (secondary N) is 1. The molecule has 2 heterocycles. The maximum absolute atomic E-state index is 11.1. The van der Waals surface area contributed by atoms with Crippen molar-refractivity contribution in [2.75, 3.05) is 105 Å². The lowest BCUT2D eigenvalue weighted by Gasteiger charge is -2.26. The standard InChI is InChI=1S/C33H49N7O5.C11H22NO5P.C2H6/c1-3-8-28(34)26-39(35)13-15-41-17-19-43-21-23-45-24-22-44-20-18-42-16-14-40-33-29-10-5-4-9-27(29)25-38(2)31-12-7-6-11-30(31)32(33)36-37-40;1-16-18(15)17-10-5-3-2-4-8-12-11(14)7-6-9-13;1-2/h4-7,9-12,26H,3,8,13-25,34-35H2,1-2H3;9,15H,2-8,10H2,1H3,(H,12,14);1-2H3/b28-26-;;. The van der Waals surface area contributed by atoms with Gasteiger partial charge in [0.25, 0.3) is 0 Å². The summed E-state index contributed by atoms with van der Waals surface area (Å²) in [5.74, 6) is 5.79. The van der Waals surface area contributed by atoms with E-state index < -0.39 is 8.60 Å². The summed E-state index contributed by atoms with van der Waals surface area (Å²) in [6.45, 7) is 14.2. The van der Waals surface area contributed by atoms with E-state index in [0.29, 0.717) is 92.3 Å². The second kappa shape index (κ2) is 37.1. The molecule has 0 fully saturated rings. The number of hydrogen-bond acceptors (Lipinski definition) is 16. The second-order valence-electron chi connectivity index (χ2n) is 14.5. The van der Waals surface area contributed by atoms with Gasteiger partial charge in [-0.1, -0.05) is 87.7 Å². The summed E-state index contributed by atoms with van der Waals surface area (Å²) in [7, 11) is 1.81. The van der Waals surface area contributed by atoms with Crippen molar-refractivity contribution in [2.45, 2.75) is 85.2 Å². The number of fused-ring (bicyclic) bond motifs is 5. The normalized spacial score (nSPS) is 12.3. The highest BCUT2D eigenvalue weighted by molar-refractivity contribution is 7.40. The molecule has 0 saturated heterocycles. The SMILES string of the molecule is CC.CCC/C(N)=C/N(N)CCOCCOCCOCCOCCOCCn1nnc2c1-c1ccccc1CN(C)c1ccccc1-2.COP(O)OCCCCCCNC(=O)CCC=O. The molecular weight excluding hydrogens is 856 g/mol. The number of amides is 1. The van der Waals surface area contributed by atoms with Crippen LogP contribution in [0.1, 0.15) is 77.7 Å². The zero-order valence-corrected chi connectivity index (χ0v) is 40.4. The lowest BCUT2D eigenvalue weighted by Crippen LogP contribution is -2.30. The third kappa shape index (κ3) is 24.3. The molecule has 2 aromatic carbocycles. The van der Waals surface area contributed by atoms with Gasteiger partial charge in [-0.25, -0.2) is 10.5 Å². The summed E-state index contributed by atoms with van der Waals surface area (Å²) in [5.41, 5.74) is 13.2. The number of benzene rings is 2. The molecule has 0 aliphatic carbocycles. The summed E-state index contributed by atoms with van der Waals surface area (Å²) in [4.78, 5) is 32.4. The van der Waals surface area contributed by atoms with Crippen LogP contribution in [0.4, 0.5) is 5.69 Å². The van der Waals surface area contributed by atoms with E-state index in [2.05, 4.69) is 81.5 Å². The summed E-state index contributed by atoms with van der Waals surface area (Å²) in [6.07, 6.45) is 8.64. The van der Waals surface area contributed by atoms with E-state index in [4.69, 9.17) is 44.7 Å². The molecule has 4 rings (SSSR count). The van der Waals surface area contributed by atoms with Crippen LogP contribution in [0.15, 0.2) is 60.4 Å². The topological polar surface area (TPSA) is 220 Å². The van der Waals surface area contributed by atoms with E-state index in [1.807, 2.05) is 24.6 Å². The van der Waals surface area contributed by atoms with E-state index in [9.17, 15) is 9.59 Å². The molecule has 1 atom stereocenters. The Hall–Kier alpha value is -4.07. The maximum Gasteiger partial charge on any atom is 0.329 e. The van der Waals surface area contributed by atoms with Gasteiger partial charge in [0.2, 0.25) is 5.91 Å². The molecule has 19 heteroatoms. The van der Waals surface area contributed by atoms with E-state index in [1.54, 1.807) is 11.2 Å². The smallest absolute Gasteiger partial charge is 0.329 e. The van der Waals surface area contributed by atoms with Crippen LogP contribution >= 0.6 is 8.60 Å². The average molecular weight is 933 g/mol. The molecule has 1 aliphatic rings. The Morgan fingerprint density at radius 2 is 1.45 bits per heavy atom. The molecular formula is C46H77N8O10P. The molecule has 0 spiro atoms. The van der Waals surface area contributed by atoms with Crippen molar-refractivity contribution >= 4 is 26.5 Å². The molecule has 1 unspecified atom stereocenters. The van der Waals surface area contributed by atoms with Crippen LogP contribution in [-0.2, 0) is 55.4 Å². The summed E-state index contributed by atoms with van der Waals surface area (Å²) in [6, 6.07) is 16.8. The average Bonchev–Trinajstić information content (AvgIpc) is 3.73. The molecule has 1 aliphatic heterocycles. The number of nitrogens with zero attached hydrogens (tertiary/aromatic N) is 5. The van der Waals surface area contributed by atoms with Gasteiger partial charge in [-0.2, -0.15) is 0 Å². The number of aromatic nitrogens is 3. The number of unbranched alkanes of at least 4 members (excludes halogenated alkanes) is 3. The number of carbonyl (C=O) groups excluding carboxylic acids is 2. The monoisotopic (exact) mass is 933 g/mol. The Balaban J connectivity index is 0.000000611. The van der Waals surface area contributed by atoms with Crippen molar-refractivity contribution in [3.8, 4) is 22.5 Å². The first-order chi connectivity index (χ1) is 31.8. The van der Waals surface area contributed by atoms with Gasteiger partial charge in [-0.05, 0) is 30.9 Å². The molecule has 0 saturated carbocycles. The van der Waals surface area contributed by atoms with Crippen LogP contribution in [0.2, 0.25) is 0 Å². The van der Waals surface area contributed by atoms with Crippen LogP contribution in [-0.4, -0.2) is 137 Å². The number of ether oxygens (including phenoxy) is 5. The first kappa shape index (κ1) is 57.1. The van der Waals surface area contributed by atoms with Gasteiger partial charge in [-0.15, -0.1) is 5.10 Å². The minimum Gasteiger partial charge on any atom is -0.401 e. The van der Waals surface area contributed by atoms with Crippen LogP contribution in [0, 0.1) is 0 Å². The van der Waals surface area contributed by atoms with Gasteiger partial charge in [0.05, 0.1) is 91.5 Å². The van der Waals surface area contributed by atoms with E-state index in [-0.39, 0.29) is 18.7 Å². The third-order valence-corrected chi connectivity index (χ3v) is 10.2. The maximum atomic E-state index is 11.1. The fourth-order valence-electron chi connectivity index (χ4n) is 6.37. The molecule has 366 valence electrons. The molecule has 6 N–H and O–H groups in total. The Labute approximate surface area is 388 Å². The van der Waals surface area contributed by atoms with Gasteiger partial charge < -0.3 is 63.4 Å². The largest absolute Gasteiger partial charge is 0.401 e. The molecule has 3 aromatic rings. The minimum absolute atomic E-state index is 0.0727. The van der Waals surface area contributed by atoms with Crippen LogP contribution in [0.25, 0.3) is 22.5 Å². The van der Waals surface area contributed by atoms with Crippen molar-refractivity contribution in [3.63, 3.8) is 0 Å². The second-order valence-corrected chi connectivity index (χ2v) is 15.6. The molecule has 0 radical (unpaired) electrons. The molecule has 0 bridgehead atoms. The summed E-state index contributed by atoms with van der Waals surface area (Å²) in [5, 5.41) is 13.4. The van der Waals surface area contributed by atoms with E-state index in [0.717, 1.165) is 85.3 Å².